The van der Waals surface area contributed by atoms with Crippen molar-refractivity contribution in [2.24, 2.45) is 5.92 Å². The number of hydrogen-bond acceptors (Lipinski definition) is 2. The van der Waals surface area contributed by atoms with Gasteiger partial charge in [0.05, 0.1) is 13.2 Å². The first kappa shape index (κ1) is 13.8. The van der Waals surface area contributed by atoms with Gasteiger partial charge in [-0.15, -0.1) is 0 Å². The molecule has 2 amide bonds. The van der Waals surface area contributed by atoms with Gasteiger partial charge in [-0.3, -0.25) is 4.84 Å². The lowest BCUT2D eigenvalue weighted by molar-refractivity contribution is 0.105. The van der Waals surface area contributed by atoms with Gasteiger partial charge in [0.25, 0.3) is 0 Å². The van der Waals surface area contributed by atoms with E-state index in [9.17, 15) is 4.79 Å². The van der Waals surface area contributed by atoms with Crippen LogP contribution in [-0.4, -0.2) is 13.1 Å². The van der Waals surface area contributed by atoms with Crippen LogP contribution in [0.25, 0.3) is 0 Å². The zero-order chi connectivity index (χ0) is 12.8. The predicted molar refractivity (Wildman–Crippen MR) is 67.7 cm³/mol. The normalized spacial score (nSPS) is 12.3. The number of carbonyl (C=O) groups excluding carboxylic acids is 1. The Bertz CT molecular complexity index is 383. The van der Waals surface area contributed by atoms with Gasteiger partial charge >= 0.3 is 6.03 Å². The maximum atomic E-state index is 11.5. The van der Waals surface area contributed by atoms with Crippen molar-refractivity contribution in [3.8, 4) is 0 Å². The molecule has 1 atom stereocenters. The van der Waals surface area contributed by atoms with Crippen LogP contribution in [0.4, 0.5) is 4.79 Å². The highest BCUT2D eigenvalue weighted by atomic mass is 35.5. The van der Waals surface area contributed by atoms with Gasteiger partial charge in [-0.1, -0.05) is 43.6 Å². The summed E-state index contributed by atoms with van der Waals surface area (Å²) < 4.78 is 0. The minimum atomic E-state index is -0.383. The molecule has 0 heterocycles. The average molecular weight is 257 g/mol. The third kappa shape index (κ3) is 3.91. The third-order valence-electron chi connectivity index (χ3n) is 2.39. The van der Waals surface area contributed by atoms with Crippen LogP contribution >= 0.6 is 11.6 Å². The van der Waals surface area contributed by atoms with E-state index in [2.05, 4.69) is 15.6 Å². The molecule has 0 aliphatic carbocycles. The summed E-state index contributed by atoms with van der Waals surface area (Å²) in [5.41, 5.74) is 3.13. The zero-order valence-corrected chi connectivity index (χ0v) is 10.9. The molecule has 0 spiro atoms. The van der Waals surface area contributed by atoms with Crippen LogP contribution in [0.5, 0.6) is 0 Å². The molecule has 0 aliphatic heterocycles. The SMILES string of the molecule is CONC(=O)N[C@H](c1ccccc1Cl)C(C)C. The van der Waals surface area contributed by atoms with Crippen molar-refractivity contribution in [2.45, 2.75) is 19.9 Å². The topological polar surface area (TPSA) is 50.4 Å². The Morgan fingerprint density at radius 3 is 2.53 bits per heavy atom. The van der Waals surface area contributed by atoms with E-state index in [1.54, 1.807) is 0 Å². The third-order valence-corrected chi connectivity index (χ3v) is 2.73. The van der Waals surface area contributed by atoms with Crippen LogP contribution in [0.2, 0.25) is 5.02 Å². The number of benzene rings is 1. The number of rotatable bonds is 4. The van der Waals surface area contributed by atoms with E-state index < -0.39 is 0 Å². The lowest BCUT2D eigenvalue weighted by Crippen LogP contribution is -2.39. The molecule has 0 aliphatic rings. The smallest absolute Gasteiger partial charge is 0.329 e. The van der Waals surface area contributed by atoms with Gasteiger partial charge in [-0.2, -0.15) is 0 Å². The minimum absolute atomic E-state index is 0.154. The molecule has 0 saturated heterocycles. The largest absolute Gasteiger partial charge is 0.339 e. The van der Waals surface area contributed by atoms with E-state index in [0.29, 0.717) is 5.02 Å². The first-order chi connectivity index (χ1) is 8.06. The average Bonchev–Trinajstić information content (AvgIpc) is 2.27. The number of hydrogen-bond donors (Lipinski definition) is 2. The van der Waals surface area contributed by atoms with Crippen molar-refractivity contribution in [2.75, 3.05) is 7.11 Å². The summed E-state index contributed by atoms with van der Waals surface area (Å²) in [4.78, 5) is 16.0. The molecule has 5 heteroatoms. The summed E-state index contributed by atoms with van der Waals surface area (Å²) in [6, 6.07) is 6.93. The Morgan fingerprint density at radius 2 is 2.00 bits per heavy atom. The Labute approximate surface area is 106 Å². The summed E-state index contributed by atoms with van der Waals surface area (Å²) in [7, 11) is 1.39. The number of hydroxylamine groups is 1. The Hall–Kier alpha value is -1.26. The van der Waals surface area contributed by atoms with Crippen molar-refractivity contribution >= 4 is 17.6 Å². The fraction of sp³-hybridized carbons (Fsp3) is 0.417. The molecular weight excluding hydrogens is 240 g/mol. The van der Waals surface area contributed by atoms with Gasteiger partial charge in [0.1, 0.15) is 0 Å². The number of carbonyl (C=O) groups is 1. The van der Waals surface area contributed by atoms with Crippen molar-refractivity contribution in [3.63, 3.8) is 0 Å². The van der Waals surface area contributed by atoms with Gasteiger partial charge in [0.2, 0.25) is 0 Å². The molecule has 0 bridgehead atoms. The van der Waals surface area contributed by atoms with E-state index in [0.717, 1.165) is 5.56 Å². The van der Waals surface area contributed by atoms with Crippen LogP contribution in [0.3, 0.4) is 0 Å². The van der Waals surface area contributed by atoms with E-state index in [1.165, 1.54) is 7.11 Å². The van der Waals surface area contributed by atoms with Gasteiger partial charge in [-0.05, 0) is 17.5 Å². The molecular formula is C12H17ClN2O2. The molecule has 4 nitrogen and oxygen atoms in total. The standard InChI is InChI=1S/C12H17ClN2O2/c1-8(2)11(14-12(16)15-17-3)9-6-4-5-7-10(9)13/h4-8,11H,1-3H3,(H2,14,15,16)/t11-/m0/s1. The summed E-state index contributed by atoms with van der Waals surface area (Å²) in [6.45, 7) is 4.03. The van der Waals surface area contributed by atoms with Crippen LogP contribution in [0.15, 0.2) is 24.3 Å². The molecule has 0 unspecified atom stereocenters. The van der Waals surface area contributed by atoms with Gasteiger partial charge < -0.3 is 5.32 Å². The molecule has 1 aromatic carbocycles. The van der Waals surface area contributed by atoms with Crippen LogP contribution in [-0.2, 0) is 4.84 Å². The van der Waals surface area contributed by atoms with Crippen LogP contribution in [0.1, 0.15) is 25.5 Å². The fourth-order valence-electron chi connectivity index (χ4n) is 1.59. The first-order valence-corrected chi connectivity index (χ1v) is 5.78. The lowest BCUT2D eigenvalue weighted by atomic mass is 9.96. The predicted octanol–water partition coefficient (Wildman–Crippen LogP) is 2.90. The zero-order valence-electron chi connectivity index (χ0n) is 10.2. The van der Waals surface area contributed by atoms with Gasteiger partial charge in [-0.25, -0.2) is 10.3 Å². The Balaban J connectivity index is 2.87. The second-order valence-electron chi connectivity index (χ2n) is 4.02. The molecule has 17 heavy (non-hydrogen) atoms. The molecule has 0 saturated carbocycles. The van der Waals surface area contributed by atoms with E-state index in [4.69, 9.17) is 11.6 Å². The van der Waals surface area contributed by atoms with Crippen molar-refractivity contribution in [1.82, 2.24) is 10.8 Å². The molecule has 1 aromatic rings. The summed E-state index contributed by atoms with van der Waals surface area (Å²) in [5, 5.41) is 3.46. The highest BCUT2D eigenvalue weighted by Gasteiger charge is 2.20. The Morgan fingerprint density at radius 1 is 1.35 bits per heavy atom. The maximum absolute atomic E-state index is 11.5. The quantitative estimate of drug-likeness (QED) is 0.814. The van der Waals surface area contributed by atoms with Crippen molar-refractivity contribution in [3.05, 3.63) is 34.9 Å². The maximum Gasteiger partial charge on any atom is 0.339 e. The number of amides is 2. The number of nitrogens with one attached hydrogen (secondary N) is 2. The lowest BCUT2D eigenvalue weighted by Gasteiger charge is -2.23. The van der Waals surface area contributed by atoms with E-state index in [1.807, 2.05) is 38.1 Å². The number of halogens is 1. The number of urea groups is 1. The van der Waals surface area contributed by atoms with E-state index >= 15 is 0 Å². The first-order valence-electron chi connectivity index (χ1n) is 5.40. The molecule has 94 valence electrons. The minimum Gasteiger partial charge on any atom is -0.329 e. The fourth-order valence-corrected chi connectivity index (χ4v) is 1.85. The van der Waals surface area contributed by atoms with E-state index in [-0.39, 0.29) is 18.0 Å². The van der Waals surface area contributed by atoms with Crippen molar-refractivity contribution < 1.29 is 9.63 Å². The second kappa shape index (κ2) is 6.47. The Kier molecular flexibility index (Phi) is 5.25. The highest BCUT2D eigenvalue weighted by molar-refractivity contribution is 6.31. The van der Waals surface area contributed by atoms with Gasteiger partial charge in [0.15, 0.2) is 0 Å². The van der Waals surface area contributed by atoms with Gasteiger partial charge in [0, 0.05) is 5.02 Å². The summed E-state index contributed by atoms with van der Waals surface area (Å²) in [6.07, 6.45) is 0. The molecule has 2 N–H and O–H groups in total. The molecule has 0 fully saturated rings. The molecule has 0 aromatic heterocycles. The molecule has 0 radical (unpaired) electrons. The monoisotopic (exact) mass is 256 g/mol. The second-order valence-corrected chi connectivity index (χ2v) is 4.43. The summed E-state index contributed by atoms with van der Waals surface area (Å²) >= 11 is 6.12. The van der Waals surface area contributed by atoms with Crippen LogP contribution < -0.4 is 10.8 Å². The highest BCUT2D eigenvalue weighted by Crippen LogP contribution is 2.27. The summed E-state index contributed by atoms with van der Waals surface area (Å²) in [5.74, 6) is 0.220. The molecule has 1 rings (SSSR count). The van der Waals surface area contributed by atoms with Crippen LogP contribution in [0, 0.1) is 5.92 Å². The van der Waals surface area contributed by atoms with Crippen molar-refractivity contribution in [1.29, 1.82) is 0 Å².